The summed E-state index contributed by atoms with van der Waals surface area (Å²) in [6, 6.07) is 5.37. The Morgan fingerprint density at radius 3 is 2.44 bits per heavy atom. The van der Waals surface area contributed by atoms with Gasteiger partial charge in [0.2, 0.25) is 0 Å². The fraction of sp³-hybridized carbons (Fsp3) is 0.417. The molecule has 1 heterocycles. The van der Waals surface area contributed by atoms with Crippen LogP contribution in [0.5, 0.6) is 0 Å². The van der Waals surface area contributed by atoms with E-state index in [4.69, 9.17) is 11.5 Å². The monoisotopic (exact) mass is 246 g/mol. The molecule has 0 atom stereocenters. The second kappa shape index (κ2) is 5.03. The average Bonchev–Trinajstić information content (AvgIpc) is 2.72. The predicted octanol–water partition coefficient (Wildman–Crippen LogP) is 1.55. The molecular weight excluding hydrogens is 228 g/mol. The zero-order chi connectivity index (χ0) is 13.1. The third kappa shape index (κ3) is 2.77. The second-order valence-electron chi connectivity index (χ2n) is 4.80. The molecule has 0 unspecified atom stereocenters. The molecule has 2 rings (SSSR count). The van der Waals surface area contributed by atoms with Crippen molar-refractivity contribution in [2.75, 3.05) is 11.5 Å². The summed E-state index contributed by atoms with van der Waals surface area (Å²) in [5, 5.41) is 11.8. The van der Waals surface area contributed by atoms with Crippen LogP contribution in [0.25, 0.3) is 11.4 Å². The summed E-state index contributed by atoms with van der Waals surface area (Å²) >= 11 is 0. The number of aryl methyl sites for hydroxylation is 1. The summed E-state index contributed by atoms with van der Waals surface area (Å²) in [5.41, 5.74) is 13.6. The number of hydrogen-bond donors (Lipinski definition) is 2. The molecule has 0 radical (unpaired) electrons. The standard InChI is InChI=1S/C12H18N6/c1-8(2)3-4-18-12(15-16-17-18)9-5-10(13)7-11(14)6-9/h5-8H,3-4,13-14H2,1-2H3. The Morgan fingerprint density at radius 1 is 1.17 bits per heavy atom. The number of nitrogens with two attached hydrogens (primary N) is 2. The van der Waals surface area contributed by atoms with Crippen LogP contribution in [0.2, 0.25) is 0 Å². The van der Waals surface area contributed by atoms with Gasteiger partial charge >= 0.3 is 0 Å². The van der Waals surface area contributed by atoms with Crippen LogP contribution in [0, 0.1) is 5.92 Å². The molecule has 0 aliphatic heterocycles. The van der Waals surface area contributed by atoms with E-state index < -0.39 is 0 Å². The van der Waals surface area contributed by atoms with Crippen LogP contribution in [0.15, 0.2) is 18.2 Å². The lowest BCUT2D eigenvalue weighted by Crippen LogP contribution is -2.06. The van der Waals surface area contributed by atoms with Gasteiger partial charge in [0.1, 0.15) is 0 Å². The Kier molecular flexibility index (Phi) is 3.45. The molecule has 6 heteroatoms. The van der Waals surface area contributed by atoms with Gasteiger partial charge in [0, 0.05) is 23.5 Å². The van der Waals surface area contributed by atoms with Gasteiger partial charge in [-0.05, 0) is 41.0 Å². The lowest BCUT2D eigenvalue weighted by Gasteiger charge is -2.07. The zero-order valence-electron chi connectivity index (χ0n) is 10.7. The average molecular weight is 246 g/mol. The molecule has 6 nitrogen and oxygen atoms in total. The van der Waals surface area contributed by atoms with Crippen LogP contribution in [-0.4, -0.2) is 20.2 Å². The van der Waals surface area contributed by atoms with Gasteiger partial charge in [-0.1, -0.05) is 13.8 Å². The number of tetrazole rings is 1. The van der Waals surface area contributed by atoms with Crippen LogP contribution in [0.1, 0.15) is 20.3 Å². The molecule has 2 aromatic rings. The van der Waals surface area contributed by atoms with Crippen LogP contribution in [0.3, 0.4) is 0 Å². The van der Waals surface area contributed by atoms with E-state index in [1.54, 1.807) is 10.7 Å². The summed E-state index contributed by atoms with van der Waals surface area (Å²) in [7, 11) is 0. The molecule has 0 bridgehead atoms. The molecule has 0 aliphatic rings. The highest BCUT2D eigenvalue weighted by atomic mass is 15.5. The highest BCUT2D eigenvalue weighted by molar-refractivity contribution is 5.67. The second-order valence-corrected chi connectivity index (χ2v) is 4.80. The largest absolute Gasteiger partial charge is 0.399 e. The maximum Gasteiger partial charge on any atom is 0.182 e. The number of anilines is 2. The number of nitrogen functional groups attached to an aromatic ring is 2. The van der Waals surface area contributed by atoms with Crippen molar-refractivity contribution < 1.29 is 0 Å². The highest BCUT2D eigenvalue weighted by Gasteiger charge is 2.10. The molecule has 1 aromatic carbocycles. The number of nitrogens with zero attached hydrogens (tertiary/aromatic N) is 4. The molecule has 4 N–H and O–H groups in total. The first-order chi connectivity index (χ1) is 8.56. The van der Waals surface area contributed by atoms with E-state index in [0.717, 1.165) is 18.5 Å². The lowest BCUT2D eigenvalue weighted by molar-refractivity contribution is 0.481. The van der Waals surface area contributed by atoms with Crippen LogP contribution in [-0.2, 0) is 6.54 Å². The summed E-state index contributed by atoms with van der Waals surface area (Å²) in [5.74, 6) is 1.31. The van der Waals surface area contributed by atoms with Gasteiger partial charge in [-0.25, -0.2) is 4.68 Å². The highest BCUT2D eigenvalue weighted by Crippen LogP contribution is 2.22. The van der Waals surface area contributed by atoms with Crippen LogP contribution < -0.4 is 11.5 Å². The fourth-order valence-corrected chi connectivity index (χ4v) is 1.75. The van der Waals surface area contributed by atoms with E-state index in [2.05, 4.69) is 29.4 Å². The van der Waals surface area contributed by atoms with Gasteiger partial charge in [0.15, 0.2) is 5.82 Å². The third-order valence-electron chi connectivity index (χ3n) is 2.69. The molecular formula is C12H18N6. The molecule has 0 saturated carbocycles. The molecule has 0 spiro atoms. The van der Waals surface area contributed by atoms with Crippen molar-refractivity contribution in [1.82, 2.24) is 20.2 Å². The number of hydrogen-bond acceptors (Lipinski definition) is 5. The van der Waals surface area contributed by atoms with Crippen molar-refractivity contribution >= 4 is 11.4 Å². The van der Waals surface area contributed by atoms with E-state index in [-0.39, 0.29) is 0 Å². The maximum absolute atomic E-state index is 5.78. The minimum Gasteiger partial charge on any atom is -0.399 e. The predicted molar refractivity (Wildman–Crippen MR) is 71.5 cm³/mol. The third-order valence-corrected chi connectivity index (χ3v) is 2.69. The summed E-state index contributed by atoms with van der Waals surface area (Å²) < 4.78 is 1.79. The van der Waals surface area contributed by atoms with Gasteiger partial charge in [0.05, 0.1) is 0 Å². The topological polar surface area (TPSA) is 95.6 Å². The Labute approximate surface area is 106 Å². The lowest BCUT2D eigenvalue weighted by atomic mass is 10.1. The van der Waals surface area contributed by atoms with Gasteiger partial charge in [-0.15, -0.1) is 5.10 Å². The van der Waals surface area contributed by atoms with E-state index in [1.165, 1.54) is 0 Å². The van der Waals surface area contributed by atoms with E-state index in [1.807, 2.05) is 12.1 Å². The number of benzene rings is 1. The molecule has 0 aliphatic carbocycles. The summed E-state index contributed by atoms with van der Waals surface area (Å²) in [6.45, 7) is 5.12. The summed E-state index contributed by atoms with van der Waals surface area (Å²) in [4.78, 5) is 0. The van der Waals surface area contributed by atoms with Crippen molar-refractivity contribution in [3.63, 3.8) is 0 Å². The maximum atomic E-state index is 5.78. The van der Waals surface area contributed by atoms with E-state index in [0.29, 0.717) is 23.1 Å². The quantitative estimate of drug-likeness (QED) is 0.798. The first-order valence-electron chi connectivity index (χ1n) is 5.99. The van der Waals surface area contributed by atoms with Gasteiger partial charge in [0.25, 0.3) is 0 Å². The minimum atomic E-state index is 0.605. The van der Waals surface area contributed by atoms with E-state index in [9.17, 15) is 0 Å². The minimum absolute atomic E-state index is 0.605. The molecule has 1 aromatic heterocycles. The molecule has 0 amide bonds. The van der Waals surface area contributed by atoms with Crippen molar-refractivity contribution in [2.45, 2.75) is 26.8 Å². The van der Waals surface area contributed by atoms with Crippen LogP contribution >= 0.6 is 0 Å². The first-order valence-corrected chi connectivity index (χ1v) is 5.99. The van der Waals surface area contributed by atoms with Crippen molar-refractivity contribution in [3.8, 4) is 11.4 Å². The van der Waals surface area contributed by atoms with E-state index >= 15 is 0 Å². The van der Waals surface area contributed by atoms with Gasteiger partial charge in [-0.2, -0.15) is 0 Å². The molecule has 0 saturated heterocycles. The smallest absolute Gasteiger partial charge is 0.182 e. The number of rotatable bonds is 4. The Morgan fingerprint density at radius 2 is 1.83 bits per heavy atom. The zero-order valence-corrected chi connectivity index (χ0v) is 10.7. The van der Waals surface area contributed by atoms with Crippen molar-refractivity contribution in [1.29, 1.82) is 0 Å². The normalized spacial score (nSPS) is 11.1. The van der Waals surface area contributed by atoms with Crippen molar-refractivity contribution in [3.05, 3.63) is 18.2 Å². The Bertz CT molecular complexity index is 511. The number of aromatic nitrogens is 4. The fourth-order valence-electron chi connectivity index (χ4n) is 1.75. The Hall–Kier alpha value is -2.11. The van der Waals surface area contributed by atoms with Gasteiger partial charge < -0.3 is 11.5 Å². The molecule has 0 fully saturated rings. The molecule has 18 heavy (non-hydrogen) atoms. The SMILES string of the molecule is CC(C)CCn1nnnc1-c1cc(N)cc(N)c1. The van der Waals surface area contributed by atoms with Crippen molar-refractivity contribution in [2.24, 2.45) is 5.92 Å². The Balaban J connectivity index is 2.30. The summed E-state index contributed by atoms with van der Waals surface area (Å²) in [6.07, 6.45) is 1.02. The molecule has 96 valence electrons. The van der Waals surface area contributed by atoms with Crippen LogP contribution in [0.4, 0.5) is 11.4 Å². The van der Waals surface area contributed by atoms with Gasteiger partial charge in [-0.3, -0.25) is 0 Å². The first kappa shape index (κ1) is 12.3.